The Morgan fingerprint density at radius 3 is 2.57 bits per heavy atom. The van der Waals surface area contributed by atoms with E-state index >= 15 is 0 Å². The summed E-state index contributed by atoms with van der Waals surface area (Å²) in [6.07, 6.45) is -3.41. The minimum absolute atomic E-state index is 0.0392. The minimum Gasteiger partial charge on any atom is -0.460 e. The van der Waals surface area contributed by atoms with Gasteiger partial charge in [0, 0.05) is 28.9 Å². The Kier molecular flexibility index (Phi) is 5.32. The molecule has 1 aliphatic heterocycles. The van der Waals surface area contributed by atoms with Gasteiger partial charge in [0.05, 0.1) is 16.5 Å². The molecule has 37 heavy (non-hydrogen) atoms. The standard InChI is InChI=1S/C30H23ClF3NO2/c1-29(2)14-22-27(23(36)15-29)28(26-18-6-4-3-5-16(18)7-10-21(26)35-22)25-12-11-24(37-25)19-13-17(30(32,33)34)8-9-20(19)31/h3-13,28,35H,14-15H2,1-2H3. The van der Waals surface area contributed by atoms with E-state index in [1.54, 1.807) is 12.1 Å². The molecule has 0 fully saturated rings. The second kappa shape index (κ2) is 8.25. The minimum atomic E-state index is -4.51. The summed E-state index contributed by atoms with van der Waals surface area (Å²) in [5.41, 5.74) is 2.48. The molecule has 7 heteroatoms. The highest BCUT2D eigenvalue weighted by atomic mass is 35.5. The van der Waals surface area contributed by atoms with Gasteiger partial charge in [0.1, 0.15) is 11.5 Å². The number of furan rings is 1. The summed E-state index contributed by atoms with van der Waals surface area (Å²) in [5, 5.41) is 5.68. The van der Waals surface area contributed by atoms with Gasteiger partial charge in [-0.3, -0.25) is 4.79 Å². The van der Waals surface area contributed by atoms with Gasteiger partial charge in [0.25, 0.3) is 0 Å². The molecule has 2 heterocycles. The molecular weight excluding hydrogens is 499 g/mol. The first-order valence-electron chi connectivity index (χ1n) is 12.0. The molecule has 3 aromatic carbocycles. The SMILES string of the molecule is CC1(C)CC(=O)C2=C(C1)Nc1ccc3ccccc3c1C2c1ccc(-c2cc(C(F)(F)F)ccc2Cl)o1. The van der Waals surface area contributed by atoms with E-state index < -0.39 is 17.7 Å². The number of hydrogen-bond donors (Lipinski definition) is 1. The first-order chi connectivity index (χ1) is 17.5. The zero-order valence-electron chi connectivity index (χ0n) is 20.2. The molecule has 1 unspecified atom stereocenters. The molecule has 3 nitrogen and oxygen atoms in total. The third-order valence-corrected chi connectivity index (χ3v) is 7.55. The van der Waals surface area contributed by atoms with Crippen molar-refractivity contribution in [3.63, 3.8) is 0 Å². The topological polar surface area (TPSA) is 42.2 Å². The maximum Gasteiger partial charge on any atom is 0.416 e. The van der Waals surface area contributed by atoms with Crippen LogP contribution in [0.4, 0.5) is 18.9 Å². The van der Waals surface area contributed by atoms with E-state index in [-0.39, 0.29) is 27.5 Å². The Hall–Kier alpha value is -3.51. The van der Waals surface area contributed by atoms with Gasteiger partial charge in [0.2, 0.25) is 0 Å². The molecule has 1 N–H and O–H groups in total. The molecule has 0 saturated heterocycles. The van der Waals surface area contributed by atoms with E-state index in [9.17, 15) is 18.0 Å². The number of fused-ring (bicyclic) bond motifs is 3. The first kappa shape index (κ1) is 23.9. The van der Waals surface area contributed by atoms with Gasteiger partial charge >= 0.3 is 6.18 Å². The van der Waals surface area contributed by atoms with Gasteiger partial charge in [-0.15, -0.1) is 0 Å². The van der Waals surface area contributed by atoms with Crippen LogP contribution in [0.25, 0.3) is 22.1 Å². The van der Waals surface area contributed by atoms with Gasteiger partial charge in [-0.1, -0.05) is 55.8 Å². The quantitative estimate of drug-likeness (QED) is 0.286. The summed E-state index contributed by atoms with van der Waals surface area (Å²) in [4.78, 5) is 13.6. The van der Waals surface area contributed by atoms with E-state index in [0.29, 0.717) is 24.2 Å². The van der Waals surface area contributed by atoms with E-state index in [0.717, 1.165) is 39.9 Å². The average molecular weight is 522 g/mol. The highest BCUT2D eigenvalue weighted by molar-refractivity contribution is 6.33. The fraction of sp³-hybridized carbons (Fsp3) is 0.233. The van der Waals surface area contributed by atoms with E-state index in [1.807, 2.05) is 36.4 Å². The van der Waals surface area contributed by atoms with Crippen LogP contribution in [0, 0.1) is 5.41 Å². The molecule has 1 atom stereocenters. The summed E-state index contributed by atoms with van der Waals surface area (Å²) in [7, 11) is 0. The Bertz CT molecular complexity index is 1610. The third-order valence-electron chi connectivity index (χ3n) is 7.22. The summed E-state index contributed by atoms with van der Waals surface area (Å²) in [5.74, 6) is 0.247. The molecule has 0 amide bonds. The van der Waals surface area contributed by atoms with Crippen molar-refractivity contribution >= 4 is 33.8 Å². The largest absolute Gasteiger partial charge is 0.460 e. The van der Waals surface area contributed by atoms with Crippen LogP contribution in [0.1, 0.15) is 49.5 Å². The molecule has 0 spiro atoms. The zero-order chi connectivity index (χ0) is 26.1. The molecule has 188 valence electrons. The average Bonchev–Trinajstić information content (AvgIpc) is 3.31. The number of rotatable bonds is 2. The van der Waals surface area contributed by atoms with Gasteiger partial charge < -0.3 is 9.73 Å². The fourth-order valence-electron chi connectivity index (χ4n) is 5.63. The lowest BCUT2D eigenvalue weighted by Crippen LogP contribution is -2.33. The van der Waals surface area contributed by atoms with Gasteiger partial charge in [0.15, 0.2) is 5.78 Å². The molecule has 0 radical (unpaired) electrons. The predicted octanol–water partition coefficient (Wildman–Crippen LogP) is 8.97. The summed E-state index contributed by atoms with van der Waals surface area (Å²) >= 11 is 6.30. The molecule has 4 aromatic rings. The first-order valence-corrected chi connectivity index (χ1v) is 12.4. The van der Waals surface area contributed by atoms with Crippen molar-refractivity contribution in [2.45, 2.75) is 38.8 Å². The smallest absolute Gasteiger partial charge is 0.416 e. The number of ketones is 1. The summed E-state index contributed by atoms with van der Waals surface area (Å²) in [6.45, 7) is 4.14. The van der Waals surface area contributed by atoms with Crippen molar-refractivity contribution in [1.82, 2.24) is 0 Å². The second-order valence-electron chi connectivity index (χ2n) is 10.5. The number of benzene rings is 3. The van der Waals surface area contributed by atoms with Gasteiger partial charge in [-0.05, 0) is 64.6 Å². The van der Waals surface area contributed by atoms with Crippen molar-refractivity contribution in [2.24, 2.45) is 5.41 Å². The highest BCUT2D eigenvalue weighted by Gasteiger charge is 2.42. The van der Waals surface area contributed by atoms with Crippen LogP contribution in [0.2, 0.25) is 5.02 Å². The monoisotopic (exact) mass is 521 g/mol. The molecule has 6 rings (SSSR count). The van der Waals surface area contributed by atoms with E-state index in [1.165, 1.54) is 6.07 Å². The Morgan fingerprint density at radius 1 is 1.00 bits per heavy atom. The van der Waals surface area contributed by atoms with E-state index in [4.69, 9.17) is 16.0 Å². The number of carbonyl (C=O) groups excluding carboxylic acids is 1. The zero-order valence-corrected chi connectivity index (χ0v) is 20.9. The van der Waals surface area contributed by atoms with E-state index in [2.05, 4.69) is 19.2 Å². The van der Waals surface area contributed by atoms with Crippen molar-refractivity contribution in [3.8, 4) is 11.3 Å². The lowest BCUT2D eigenvalue weighted by Gasteiger charge is -2.39. The van der Waals surface area contributed by atoms with Crippen LogP contribution < -0.4 is 5.32 Å². The molecule has 1 aliphatic carbocycles. The Balaban J connectivity index is 1.56. The number of Topliss-reactive ketones (excluding diaryl/α,β-unsaturated/α-hetero) is 1. The fourth-order valence-corrected chi connectivity index (χ4v) is 5.84. The molecule has 0 saturated carbocycles. The molecule has 2 aliphatic rings. The van der Waals surface area contributed by atoms with Crippen molar-refractivity contribution in [2.75, 3.05) is 5.32 Å². The van der Waals surface area contributed by atoms with Crippen LogP contribution in [-0.4, -0.2) is 5.78 Å². The molecule has 0 bridgehead atoms. The third kappa shape index (κ3) is 4.04. The maximum atomic E-state index is 13.6. The lowest BCUT2D eigenvalue weighted by molar-refractivity contribution is -0.137. The summed E-state index contributed by atoms with van der Waals surface area (Å²) < 4.78 is 46.4. The summed E-state index contributed by atoms with van der Waals surface area (Å²) in [6, 6.07) is 18.5. The molecule has 1 aromatic heterocycles. The number of halogens is 4. The van der Waals surface area contributed by atoms with Crippen LogP contribution in [0.3, 0.4) is 0 Å². The van der Waals surface area contributed by atoms with Crippen molar-refractivity contribution in [1.29, 1.82) is 0 Å². The second-order valence-corrected chi connectivity index (χ2v) is 10.9. The van der Waals surface area contributed by atoms with Crippen LogP contribution >= 0.6 is 11.6 Å². The van der Waals surface area contributed by atoms with Crippen molar-refractivity contribution in [3.05, 3.63) is 99.9 Å². The van der Waals surface area contributed by atoms with Gasteiger partial charge in [-0.25, -0.2) is 0 Å². The number of alkyl halides is 3. The normalized spacial score (nSPS) is 19.0. The number of nitrogens with one attached hydrogen (secondary N) is 1. The molecular formula is C30H23ClF3NO2. The maximum absolute atomic E-state index is 13.6. The number of anilines is 1. The lowest BCUT2D eigenvalue weighted by atomic mass is 9.69. The van der Waals surface area contributed by atoms with Crippen LogP contribution in [-0.2, 0) is 11.0 Å². The Labute approximate surface area is 216 Å². The highest BCUT2D eigenvalue weighted by Crippen LogP contribution is 2.51. The van der Waals surface area contributed by atoms with Gasteiger partial charge in [-0.2, -0.15) is 13.2 Å². The predicted molar refractivity (Wildman–Crippen MR) is 139 cm³/mol. The number of carbonyl (C=O) groups is 1. The number of hydrogen-bond acceptors (Lipinski definition) is 3. The number of allylic oxidation sites excluding steroid dienone is 2. The van der Waals surface area contributed by atoms with Crippen LogP contribution in [0.5, 0.6) is 0 Å². The van der Waals surface area contributed by atoms with Crippen LogP contribution in [0.15, 0.2) is 82.4 Å². The Morgan fingerprint density at radius 2 is 1.78 bits per heavy atom. The van der Waals surface area contributed by atoms with Crippen molar-refractivity contribution < 1.29 is 22.4 Å².